The van der Waals surface area contributed by atoms with Crippen molar-refractivity contribution in [2.24, 2.45) is 0 Å². The van der Waals surface area contributed by atoms with Gasteiger partial charge in [0.2, 0.25) is 0 Å². The molecule has 0 unspecified atom stereocenters. The molecule has 0 aromatic heterocycles. The highest BCUT2D eigenvalue weighted by atomic mass is 16.5. The molecule has 4 nitrogen and oxygen atoms in total. The van der Waals surface area contributed by atoms with Crippen LogP contribution in [0.15, 0.2) is 54.6 Å². The van der Waals surface area contributed by atoms with E-state index in [4.69, 9.17) is 14.6 Å². The standard InChI is InChI=1S/C17H18O4/c18-17(19)10-9-14-5-4-8-16(13-14)21-12-11-20-15-6-2-1-3-7-15/h1-8,13H,9-12H2,(H,18,19). The second-order valence-electron chi connectivity index (χ2n) is 4.55. The van der Waals surface area contributed by atoms with Crippen LogP contribution in [0.2, 0.25) is 0 Å². The van der Waals surface area contributed by atoms with Crippen LogP contribution in [0.4, 0.5) is 0 Å². The summed E-state index contributed by atoms with van der Waals surface area (Å²) >= 11 is 0. The van der Waals surface area contributed by atoms with Crippen molar-refractivity contribution in [2.75, 3.05) is 13.2 Å². The van der Waals surface area contributed by atoms with Gasteiger partial charge in [0.05, 0.1) is 0 Å². The number of hydrogen-bond acceptors (Lipinski definition) is 3. The number of rotatable bonds is 8. The van der Waals surface area contributed by atoms with Crippen LogP contribution < -0.4 is 9.47 Å². The number of para-hydroxylation sites is 1. The molecule has 0 amide bonds. The Hall–Kier alpha value is -2.49. The molecule has 21 heavy (non-hydrogen) atoms. The van der Waals surface area contributed by atoms with Crippen LogP contribution in [0.3, 0.4) is 0 Å². The number of carbonyl (C=O) groups is 1. The normalized spacial score (nSPS) is 10.1. The zero-order valence-electron chi connectivity index (χ0n) is 11.7. The van der Waals surface area contributed by atoms with E-state index in [1.807, 2.05) is 54.6 Å². The third-order valence-electron chi connectivity index (χ3n) is 2.89. The molecule has 0 fully saturated rings. The van der Waals surface area contributed by atoms with Crippen LogP contribution >= 0.6 is 0 Å². The maximum Gasteiger partial charge on any atom is 0.303 e. The smallest absolute Gasteiger partial charge is 0.303 e. The Kier molecular flexibility index (Phi) is 5.64. The third-order valence-corrected chi connectivity index (χ3v) is 2.89. The van der Waals surface area contributed by atoms with E-state index in [9.17, 15) is 4.79 Å². The zero-order valence-corrected chi connectivity index (χ0v) is 11.7. The summed E-state index contributed by atoms with van der Waals surface area (Å²) in [5, 5.41) is 8.68. The maximum absolute atomic E-state index is 10.6. The average molecular weight is 286 g/mol. The van der Waals surface area contributed by atoms with Gasteiger partial charge in [-0.05, 0) is 36.2 Å². The van der Waals surface area contributed by atoms with Gasteiger partial charge in [-0.15, -0.1) is 0 Å². The van der Waals surface area contributed by atoms with Crippen molar-refractivity contribution in [3.05, 3.63) is 60.2 Å². The van der Waals surface area contributed by atoms with Gasteiger partial charge >= 0.3 is 5.97 Å². The molecule has 0 saturated carbocycles. The van der Waals surface area contributed by atoms with E-state index in [0.29, 0.717) is 19.6 Å². The van der Waals surface area contributed by atoms with Crippen molar-refractivity contribution >= 4 is 5.97 Å². The molecule has 2 rings (SSSR count). The lowest BCUT2D eigenvalue weighted by atomic mass is 10.1. The molecule has 4 heteroatoms. The number of hydrogen-bond donors (Lipinski definition) is 1. The van der Waals surface area contributed by atoms with Crippen LogP contribution in [0, 0.1) is 0 Å². The van der Waals surface area contributed by atoms with Gasteiger partial charge < -0.3 is 14.6 Å². The molecule has 0 spiro atoms. The highest BCUT2D eigenvalue weighted by molar-refractivity contribution is 5.67. The van der Waals surface area contributed by atoms with Crippen molar-refractivity contribution in [3.63, 3.8) is 0 Å². The van der Waals surface area contributed by atoms with Crippen LogP contribution in [-0.4, -0.2) is 24.3 Å². The van der Waals surface area contributed by atoms with E-state index < -0.39 is 5.97 Å². The van der Waals surface area contributed by atoms with Gasteiger partial charge in [0.1, 0.15) is 24.7 Å². The summed E-state index contributed by atoms with van der Waals surface area (Å²) in [6.07, 6.45) is 0.633. The first-order valence-electron chi connectivity index (χ1n) is 6.85. The first kappa shape index (κ1) is 14.9. The van der Waals surface area contributed by atoms with E-state index in [1.165, 1.54) is 0 Å². The second-order valence-corrected chi connectivity index (χ2v) is 4.55. The number of aliphatic carboxylic acids is 1. The van der Waals surface area contributed by atoms with Gasteiger partial charge in [-0.3, -0.25) is 4.79 Å². The summed E-state index contributed by atoms with van der Waals surface area (Å²) in [6.45, 7) is 0.903. The molecular formula is C17H18O4. The van der Waals surface area contributed by atoms with E-state index in [-0.39, 0.29) is 6.42 Å². The molecule has 0 aliphatic rings. The highest BCUT2D eigenvalue weighted by Gasteiger charge is 2.01. The number of benzene rings is 2. The summed E-state index contributed by atoms with van der Waals surface area (Å²) in [7, 11) is 0. The minimum Gasteiger partial charge on any atom is -0.490 e. The van der Waals surface area contributed by atoms with Crippen molar-refractivity contribution in [1.29, 1.82) is 0 Å². The quantitative estimate of drug-likeness (QED) is 0.757. The Balaban J connectivity index is 1.75. The fourth-order valence-electron chi connectivity index (χ4n) is 1.88. The molecule has 0 heterocycles. The van der Waals surface area contributed by atoms with E-state index >= 15 is 0 Å². The first-order valence-corrected chi connectivity index (χ1v) is 6.85. The topological polar surface area (TPSA) is 55.8 Å². The van der Waals surface area contributed by atoms with Gasteiger partial charge in [-0.1, -0.05) is 30.3 Å². The first-order chi connectivity index (χ1) is 10.2. The highest BCUT2D eigenvalue weighted by Crippen LogP contribution is 2.15. The van der Waals surface area contributed by atoms with Gasteiger partial charge in [0, 0.05) is 6.42 Å². The SMILES string of the molecule is O=C(O)CCc1cccc(OCCOc2ccccc2)c1. The lowest BCUT2D eigenvalue weighted by Gasteiger charge is -2.09. The Morgan fingerprint density at radius 2 is 1.57 bits per heavy atom. The minimum absolute atomic E-state index is 0.126. The molecule has 1 N–H and O–H groups in total. The van der Waals surface area contributed by atoms with E-state index in [1.54, 1.807) is 0 Å². The lowest BCUT2D eigenvalue weighted by Crippen LogP contribution is -2.09. The number of ether oxygens (including phenoxy) is 2. The number of carboxylic acids is 1. The van der Waals surface area contributed by atoms with Crippen LogP contribution in [0.25, 0.3) is 0 Å². The number of carboxylic acid groups (broad SMARTS) is 1. The molecule has 2 aromatic rings. The van der Waals surface area contributed by atoms with Crippen molar-refractivity contribution in [3.8, 4) is 11.5 Å². The van der Waals surface area contributed by atoms with Gasteiger partial charge in [0.15, 0.2) is 0 Å². The number of aryl methyl sites for hydroxylation is 1. The predicted octanol–water partition coefficient (Wildman–Crippen LogP) is 3.16. The van der Waals surface area contributed by atoms with E-state index in [2.05, 4.69) is 0 Å². The average Bonchev–Trinajstić information content (AvgIpc) is 2.51. The largest absolute Gasteiger partial charge is 0.490 e. The minimum atomic E-state index is -0.794. The lowest BCUT2D eigenvalue weighted by molar-refractivity contribution is -0.136. The summed E-state index contributed by atoms with van der Waals surface area (Å²) in [6, 6.07) is 17.0. The second kappa shape index (κ2) is 7.94. The van der Waals surface area contributed by atoms with Gasteiger partial charge in [-0.2, -0.15) is 0 Å². The van der Waals surface area contributed by atoms with Crippen LogP contribution in [-0.2, 0) is 11.2 Å². The van der Waals surface area contributed by atoms with Crippen LogP contribution in [0.1, 0.15) is 12.0 Å². The monoisotopic (exact) mass is 286 g/mol. The van der Waals surface area contributed by atoms with Crippen molar-refractivity contribution in [2.45, 2.75) is 12.8 Å². The molecule has 0 atom stereocenters. The maximum atomic E-state index is 10.6. The van der Waals surface area contributed by atoms with Crippen molar-refractivity contribution in [1.82, 2.24) is 0 Å². The zero-order chi connectivity index (χ0) is 14.9. The van der Waals surface area contributed by atoms with Crippen molar-refractivity contribution < 1.29 is 19.4 Å². The summed E-state index contributed by atoms with van der Waals surface area (Å²) in [5.74, 6) is 0.753. The molecular weight excluding hydrogens is 268 g/mol. The Morgan fingerprint density at radius 3 is 2.29 bits per heavy atom. The fourth-order valence-corrected chi connectivity index (χ4v) is 1.88. The Labute approximate surface area is 123 Å². The Bertz CT molecular complexity index is 566. The third kappa shape index (κ3) is 5.57. The van der Waals surface area contributed by atoms with Crippen LogP contribution in [0.5, 0.6) is 11.5 Å². The molecule has 0 bridgehead atoms. The molecule has 0 radical (unpaired) electrons. The predicted molar refractivity (Wildman–Crippen MR) is 79.8 cm³/mol. The molecule has 0 aliphatic heterocycles. The molecule has 110 valence electrons. The Morgan fingerprint density at radius 1 is 0.905 bits per heavy atom. The molecule has 0 saturated heterocycles. The summed E-state index contributed by atoms with van der Waals surface area (Å²) in [5.41, 5.74) is 0.957. The molecule has 0 aliphatic carbocycles. The summed E-state index contributed by atoms with van der Waals surface area (Å²) in [4.78, 5) is 10.6. The fraction of sp³-hybridized carbons (Fsp3) is 0.235. The van der Waals surface area contributed by atoms with Gasteiger partial charge in [0.25, 0.3) is 0 Å². The van der Waals surface area contributed by atoms with Gasteiger partial charge in [-0.25, -0.2) is 0 Å². The van der Waals surface area contributed by atoms with E-state index in [0.717, 1.165) is 17.1 Å². The molecule has 2 aromatic carbocycles. The summed E-state index contributed by atoms with van der Waals surface area (Å²) < 4.78 is 11.1.